The molecule has 0 saturated carbocycles. The molecule has 0 aliphatic heterocycles. The lowest BCUT2D eigenvalue weighted by atomic mass is 10.1. The third kappa shape index (κ3) is 2.40. The molecule has 0 radical (unpaired) electrons. The van der Waals surface area contributed by atoms with E-state index in [9.17, 15) is 4.39 Å². The van der Waals surface area contributed by atoms with Crippen LogP contribution in [0.4, 0.5) is 10.3 Å². The second-order valence-corrected chi connectivity index (χ2v) is 6.05. The van der Waals surface area contributed by atoms with E-state index < -0.39 is 0 Å². The van der Waals surface area contributed by atoms with Gasteiger partial charge in [0.2, 0.25) is 5.95 Å². The molecule has 3 rings (SSSR count). The Morgan fingerprint density at radius 2 is 2.05 bits per heavy atom. The van der Waals surface area contributed by atoms with Gasteiger partial charge in [0, 0.05) is 11.1 Å². The number of anilines is 1. The minimum absolute atomic E-state index is 0.110. The summed E-state index contributed by atoms with van der Waals surface area (Å²) in [5.74, 6) is -0.0348. The van der Waals surface area contributed by atoms with Crippen LogP contribution in [0, 0.1) is 5.82 Å². The lowest BCUT2D eigenvalue weighted by molar-refractivity contribution is 0.622. The van der Waals surface area contributed by atoms with Crippen LogP contribution in [0.25, 0.3) is 11.0 Å². The van der Waals surface area contributed by atoms with Gasteiger partial charge >= 0.3 is 0 Å². The van der Waals surface area contributed by atoms with Crippen LogP contribution in [0.15, 0.2) is 40.9 Å². The smallest absolute Gasteiger partial charge is 0.201 e. The zero-order valence-electron chi connectivity index (χ0n) is 11.1. The molecule has 1 aromatic heterocycles. The van der Waals surface area contributed by atoms with Gasteiger partial charge in [-0.05, 0) is 40.5 Å². The molecule has 2 N–H and O–H groups in total. The Balaban J connectivity index is 2.22. The van der Waals surface area contributed by atoms with Crippen LogP contribution in [0.5, 0.6) is 0 Å². The molecule has 6 heteroatoms. The molecule has 3 aromatic rings. The van der Waals surface area contributed by atoms with Crippen molar-refractivity contribution in [1.29, 1.82) is 0 Å². The van der Waals surface area contributed by atoms with Crippen LogP contribution in [-0.2, 0) is 0 Å². The molecule has 0 aliphatic rings. The van der Waals surface area contributed by atoms with Gasteiger partial charge in [-0.2, -0.15) is 0 Å². The van der Waals surface area contributed by atoms with E-state index in [0.717, 1.165) is 11.1 Å². The van der Waals surface area contributed by atoms with Crippen molar-refractivity contribution in [1.82, 2.24) is 9.55 Å². The Labute approximate surface area is 134 Å². The highest BCUT2D eigenvalue weighted by atomic mass is 79.9. The molecule has 0 saturated heterocycles. The number of halogens is 3. The first-order valence-electron chi connectivity index (χ1n) is 6.36. The monoisotopic (exact) mass is 367 g/mol. The largest absolute Gasteiger partial charge is 0.369 e. The van der Waals surface area contributed by atoms with Crippen LogP contribution in [-0.4, -0.2) is 9.55 Å². The van der Waals surface area contributed by atoms with Crippen molar-refractivity contribution in [2.45, 2.75) is 13.0 Å². The molecule has 0 bridgehead atoms. The van der Waals surface area contributed by atoms with Crippen LogP contribution < -0.4 is 5.73 Å². The number of imidazole rings is 1. The van der Waals surface area contributed by atoms with Crippen molar-refractivity contribution in [2.75, 3.05) is 5.73 Å². The van der Waals surface area contributed by atoms with E-state index in [2.05, 4.69) is 20.9 Å². The molecule has 0 amide bonds. The van der Waals surface area contributed by atoms with Gasteiger partial charge in [0.15, 0.2) is 0 Å². The summed E-state index contributed by atoms with van der Waals surface area (Å²) in [6, 6.07) is 10.5. The van der Waals surface area contributed by atoms with E-state index >= 15 is 0 Å². The maximum atomic E-state index is 13.6. The predicted molar refractivity (Wildman–Crippen MR) is 87.1 cm³/mol. The number of nitrogen functional groups attached to an aromatic ring is 1. The molecule has 2 aromatic carbocycles. The maximum absolute atomic E-state index is 13.6. The van der Waals surface area contributed by atoms with Crippen molar-refractivity contribution < 1.29 is 4.39 Å². The second-order valence-electron chi connectivity index (χ2n) is 4.79. The number of aromatic nitrogens is 2. The molecule has 1 heterocycles. The summed E-state index contributed by atoms with van der Waals surface area (Å²) in [6.45, 7) is 1.98. The number of hydrogen-bond donors (Lipinski definition) is 1. The predicted octanol–water partition coefficient (Wildman–Crippen LogP) is 4.78. The number of fused-ring (bicyclic) bond motifs is 1. The topological polar surface area (TPSA) is 43.8 Å². The fourth-order valence-corrected chi connectivity index (χ4v) is 3.09. The molecule has 1 atom stereocenters. The third-order valence-corrected chi connectivity index (χ3v) is 4.45. The number of nitrogens with two attached hydrogens (primary N) is 1. The number of rotatable bonds is 2. The molecule has 0 aliphatic carbocycles. The Morgan fingerprint density at radius 1 is 1.33 bits per heavy atom. The quantitative estimate of drug-likeness (QED) is 0.707. The van der Waals surface area contributed by atoms with Gasteiger partial charge in [-0.1, -0.05) is 29.8 Å². The maximum Gasteiger partial charge on any atom is 0.201 e. The van der Waals surface area contributed by atoms with Crippen LogP contribution in [0.3, 0.4) is 0 Å². The van der Waals surface area contributed by atoms with E-state index in [1.807, 2.05) is 35.8 Å². The van der Waals surface area contributed by atoms with Crippen molar-refractivity contribution in [2.24, 2.45) is 0 Å². The second kappa shape index (κ2) is 5.31. The zero-order chi connectivity index (χ0) is 15.1. The van der Waals surface area contributed by atoms with Gasteiger partial charge < -0.3 is 10.3 Å². The van der Waals surface area contributed by atoms with E-state index in [1.54, 1.807) is 6.07 Å². The molecule has 3 nitrogen and oxygen atoms in total. The molecular weight excluding hydrogens is 357 g/mol. The number of hydrogen-bond acceptors (Lipinski definition) is 2. The fraction of sp³-hybridized carbons (Fsp3) is 0.133. The highest BCUT2D eigenvalue weighted by Gasteiger charge is 2.18. The van der Waals surface area contributed by atoms with Gasteiger partial charge in [-0.15, -0.1) is 0 Å². The molecule has 108 valence electrons. The average Bonchev–Trinajstić information content (AvgIpc) is 2.74. The lowest BCUT2D eigenvalue weighted by Gasteiger charge is -2.17. The summed E-state index contributed by atoms with van der Waals surface area (Å²) in [5.41, 5.74) is 8.23. The van der Waals surface area contributed by atoms with Crippen molar-refractivity contribution in [3.63, 3.8) is 0 Å². The van der Waals surface area contributed by atoms with Gasteiger partial charge in [0.05, 0.1) is 21.5 Å². The van der Waals surface area contributed by atoms with E-state index in [0.29, 0.717) is 21.0 Å². The van der Waals surface area contributed by atoms with E-state index in [-0.39, 0.29) is 11.9 Å². The normalized spacial score (nSPS) is 12.8. The number of nitrogens with zero attached hydrogens (tertiary/aromatic N) is 2. The fourth-order valence-electron chi connectivity index (χ4n) is 2.47. The summed E-state index contributed by atoms with van der Waals surface area (Å²) in [6.07, 6.45) is 0. The standard InChI is InChI=1S/C15H12BrClFN3/c1-8(9-4-2-3-5-11(9)17)21-14-6-10(16)12(18)7-13(14)20-15(21)19/h2-8H,1H3,(H2,19,20). The SMILES string of the molecule is CC(c1ccccc1Cl)n1c(N)nc2cc(F)c(Br)cc21. The highest BCUT2D eigenvalue weighted by Crippen LogP contribution is 2.32. The minimum atomic E-state index is -0.363. The Hall–Kier alpha value is -1.59. The molecule has 0 spiro atoms. The Bertz CT molecular complexity index is 831. The minimum Gasteiger partial charge on any atom is -0.369 e. The third-order valence-electron chi connectivity index (χ3n) is 3.50. The van der Waals surface area contributed by atoms with E-state index in [4.69, 9.17) is 17.3 Å². The summed E-state index contributed by atoms with van der Waals surface area (Å²) in [4.78, 5) is 4.23. The van der Waals surface area contributed by atoms with Crippen molar-refractivity contribution >= 4 is 44.5 Å². The highest BCUT2D eigenvalue weighted by molar-refractivity contribution is 9.10. The summed E-state index contributed by atoms with van der Waals surface area (Å²) < 4.78 is 15.8. The Kier molecular flexibility index (Phi) is 3.63. The van der Waals surface area contributed by atoms with Crippen LogP contribution in [0.1, 0.15) is 18.5 Å². The van der Waals surface area contributed by atoms with Crippen LogP contribution in [0.2, 0.25) is 5.02 Å². The summed E-state index contributed by atoms with van der Waals surface area (Å²) in [7, 11) is 0. The molecular formula is C15H12BrClFN3. The van der Waals surface area contributed by atoms with Gasteiger partial charge in [-0.25, -0.2) is 9.37 Å². The van der Waals surface area contributed by atoms with Crippen molar-refractivity contribution in [3.8, 4) is 0 Å². The molecule has 21 heavy (non-hydrogen) atoms. The first kappa shape index (κ1) is 14.4. The summed E-state index contributed by atoms with van der Waals surface area (Å²) in [5, 5.41) is 0.660. The molecule has 0 fully saturated rings. The first-order chi connectivity index (χ1) is 9.99. The van der Waals surface area contributed by atoms with E-state index in [1.165, 1.54) is 6.07 Å². The number of benzene rings is 2. The average molecular weight is 369 g/mol. The van der Waals surface area contributed by atoms with Gasteiger partial charge in [-0.3, -0.25) is 0 Å². The van der Waals surface area contributed by atoms with Crippen molar-refractivity contribution in [3.05, 3.63) is 57.3 Å². The van der Waals surface area contributed by atoms with Gasteiger partial charge in [0.25, 0.3) is 0 Å². The summed E-state index contributed by atoms with van der Waals surface area (Å²) >= 11 is 9.45. The van der Waals surface area contributed by atoms with Crippen LogP contribution >= 0.6 is 27.5 Å². The lowest BCUT2D eigenvalue weighted by Crippen LogP contribution is -2.10. The Morgan fingerprint density at radius 3 is 2.76 bits per heavy atom. The zero-order valence-corrected chi connectivity index (χ0v) is 13.5. The molecule has 1 unspecified atom stereocenters. The van der Waals surface area contributed by atoms with Gasteiger partial charge in [0.1, 0.15) is 5.82 Å². The first-order valence-corrected chi connectivity index (χ1v) is 7.53.